The number of aliphatic carboxylic acids is 1. The SMILES string of the molecule is [13CH3][13CH2]C(=O)O.[Na]. The van der Waals surface area contributed by atoms with Crippen LogP contribution in [0.2, 0.25) is 0 Å². The summed E-state index contributed by atoms with van der Waals surface area (Å²) in [6.07, 6.45) is 0.222. The van der Waals surface area contributed by atoms with Gasteiger partial charge in [0.1, 0.15) is 0 Å². The van der Waals surface area contributed by atoms with Crippen LogP contribution in [0, 0.1) is 0 Å². The third-order valence-corrected chi connectivity index (χ3v) is 0.302. The molecule has 31 valence electrons. The molecule has 0 spiro atoms. The number of carboxylic acids is 1. The van der Waals surface area contributed by atoms with E-state index in [2.05, 4.69) is 0 Å². The molecule has 3 heteroatoms. The Morgan fingerprint density at radius 1 is 1.83 bits per heavy atom. The Morgan fingerprint density at radius 3 is 2.00 bits per heavy atom. The molecule has 1 N–H and O–H groups in total. The predicted octanol–water partition coefficient (Wildman–Crippen LogP) is 0.100. The molecule has 0 saturated heterocycles. The van der Waals surface area contributed by atoms with Crippen LogP contribution in [0.15, 0.2) is 0 Å². The normalized spacial score (nSPS) is 6.17. The fourth-order valence-corrected chi connectivity index (χ4v) is 0. The van der Waals surface area contributed by atoms with Crippen molar-refractivity contribution in [3.8, 4) is 0 Å². The minimum atomic E-state index is -0.745. The molecule has 0 unspecified atom stereocenters. The molecule has 0 heterocycles. The molecule has 0 rings (SSSR count). The van der Waals surface area contributed by atoms with Crippen molar-refractivity contribution in [1.82, 2.24) is 0 Å². The van der Waals surface area contributed by atoms with Crippen LogP contribution in [0.1, 0.15) is 13.3 Å². The van der Waals surface area contributed by atoms with E-state index < -0.39 is 5.97 Å². The van der Waals surface area contributed by atoms with Crippen molar-refractivity contribution in [3.63, 3.8) is 0 Å². The van der Waals surface area contributed by atoms with Crippen LogP contribution in [0.25, 0.3) is 0 Å². The molecular weight excluding hydrogens is 93.0 g/mol. The van der Waals surface area contributed by atoms with Gasteiger partial charge in [-0.2, -0.15) is 0 Å². The molecule has 0 bridgehead atoms. The Labute approximate surface area is 58.8 Å². The Balaban J connectivity index is 0. The Kier molecular flexibility index (Phi) is 8.83. The maximum Gasteiger partial charge on any atom is 0.303 e. The van der Waals surface area contributed by atoms with E-state index in [4.69, 9.17) is 5.11 Å². The van der Waals surface area contributed by atoms with Crippen molar-refractivity contribution < 1.29 is 9.90 Å². The fraction of sp³-hybridized carbons (Fsp3) is 0.667. The summed E-state index contributed by atoms with van der Waals surface area (Å²) < 4.78 is 0. The third-order valence-electron chi connectivity index (χ3n) is 0.302. The van der Waals surface area contributed by atoms with E-state index in [0.717, 1.165) is 0 Å². The van der Waals surface area contributed by atoms with Crippen LogP contribution in [0.4, 0.5) is 0 Å². The molecular formula is C3H6NaO2. The standard InChI is InChI=1S/C3H6O2.Na/c1-2-3(4)5;/h2H2,1H3,(H,4,5);/i1+1,2+1;. The van der Waals surface area contributed by atoms with Crippen LogP contribution in [0.3, 0.4) is 0 Å². The summed E-state index contributed by atoms with van der Waals surface area (Å²) >= 11 is 0. The minimum absolute atomic E-state index is 0. The van der Waals surface area contributed by atoms with Crippen molar-refractivity contribution in [2.24, 2.45) is 0 Å². The number of rotatable bonds is 1. The molecule has 1 radical (unpaired) electrons. The molecule has 0 atom stereocenters. The Hall–Kier alpha value is 0.470. The smallest absolute Gasteiger partial charge is 0.303 e. The molecule has 0 aromatic heterocycles. The molecule has 0 amide bonds. The van der Waals surface area contributed by atoms with Crippen molar-refractivity contribution in [2.75, 3.05) is 0 Å². The van der Waals surface area contributed by atoms with Crippen LogP contribution in [-0.4, -0.2) is 40.6 Å². The second kappa shape index (κ2) is 5.47. The molecule has 0 aliphatic rings. The first-order valence-corrected chi connectivity index (χ1v) is 1.49. The molecule has 0 saturated carbocycles. The van der Waals surface area contributed by atoms with Gasteiger partial charge in [-0.1, -0.05) is 6.92 Å². The van der Waals surface area contributed by atoms with Gasteiger partial charge < -0.3 is 5.11 Å². The molecule has 0 fully saturated rings. The van der Waals surface area contributed by atoms with Gasteiger partial charge in [-0.3, -0.25) is 4.79 Å². The maximum atomic E-state index is 9.37. The van der Waals surface area contributed by atoms with Gasteiger partial charge in [0.25, 0.3) is 0 Å². The third kappa shape index (κ3) is 8.82. The summed E-state index contributed by atoms with van der Waals surface area (Å²) in [4.78, 5) is 9.37. The first-order chi connectivity index (χ1) is 2.27. The summed E-state index contributed by atoms with van der Waals surface area (Å²) in [5.74, 6) is -0.745. The van der Waals surface area contributed by atoms with Crippen molar-refractivity contribution >= 4 is 35.5 Å². The van der Waals surface area contributed by atoms with Crippen molar-refractivity contribution in [2.45, 2.75) is 13.3 Å². The van der Waals surface area contributed by atoms with E-state index >= 15 is 0 Å². The predicted molar refractivity (Wildman–Crippen MR) is 23.7 cm³/mol. The average molecular weight is 99.1 g/mol. The quantitative estimate of drug-likeness (QED) is 0.374. The Bertz CT molecular complexity index is 44.1. The van der Waals surface area contributed by atoms with Gasteiger partial charge in [0, 0.05) is 36.0 Å². The van der Waals surface area contributed by atoms with Crippen LogP contribution in [-0.2, 0) is 4.79 Å². The summed E-state index contributed by atoms with van der Waals surface area (Å²) in [5.41, 5.74) is 0. The van der Waals surface area contributed by atoms with Gasteiger partial charge in [-0.15, -0.1) is 0 Å². The summed E-state index contributed by atoms with van der Waals surface area (Å²) in [5, 5.41) is 7.72. The average Bonchev–Trinajstić information content (AvgIpc) is 1.38. The van der Waals surface area contributed by atoms with E-state index in [0.29, 0.717) is 0 Å². The molecule has 0 aromatic rings. The largest absolute Gasteiger partial charge is 0.481 e. The van der Waals surface area contributed by atoms with Crippen LogP contribution < -0.4 is 0 Å². The second-order valence-corrected chi connectivity index (χ2v) is 0.747. The van der Waals surface area contributed by atoms with E-state index in [-0.39, 0.29) is 36.0 Å². The van der Waals surface area contributed by atoms with E-state index in [1.165, 1.54) is 0 Å². The zero-order chi connectivity index (χ0) is 4.28. The van der Waals surface area contributed by atoms with Gasteiger partial charge in [-0.25, -0.2) is 0 Å². The van der Waals surface area contributed by atoms with Crippen molar-refractivity contribution in [1.29, 1.82) is 0 Å². The van der Waals surface area contributed by atoms with Gasteiger partial charge >= 0.3 is 5.97 Å². The summed E-state index contributed by atoms with van der Waals surface area (Å²) in [6.45, 7) is 1.60. The Morgan fingerprint density at radius 2 is 2.00 bits per heavy atom. The van der Waals surface area contributed by atoms with E-state index in [1.54, 1.807) is 6.92 Å². The molecule has 0 aliphatic heterocycles. The zero-order valence-electron chi connectivity index (χ0n) is 4.06. The first-order valence-electron chi connectivity index (χ1n) is 1.49. The topological polar surface area (TPSA) is 37.3 Å². The van der Waals surface area contributed by atoms with Gasteiger partial charge in [0.2, 0.25) is 0 Å². The van der Waals surface area contributed by atoms with E-state index in [9.17, 15) is 4.79 Å². The molecule has 0 aliphatic carbocycles. The number of carboxylic acid groups (broad SMARTS) is 1. The molecule has 6 heavy (non-hydrogen) atoms. The molecule has 2 nitrogen and oxygen atoms in total. The number of hydrogen-bond donors (Lipinski definition) is 1. The maximum absolute atomic E-state index is 9.37. The van der Waals surface area contributed by atoms with Gasteiger partial charge in [-0.05, 0) is 0 Å². The zero-order valence-corrected chi connectivity index (χ0v) is 6.06. The molecule has 0 aromatic carbocycles. The summed E-state index contributed by atoms with van der Waals surface area (Å²) in [7, 11) is 0. The monoisotopic (exact) mass is 99.0 g/mol. The van der Waals surface area contributed by atoms with Crippen molar-refractivity contribution in [3.05, 3.63) is 0 Å². The summed E-state index contributed by atoms with van der Waals surface area (Å²) in [6, 6.07) is 0. The number of carbonyl (C=O) groups is 1. The van der Waals surface area contributed by atoms with Gasteiger partial charge in [0.15, 0.2) is 0 Å². The minimum Gasteiger partial charge on any atom is -0.481 e. The van der Waals surface area contributed by atoms with Crippen LogP contribution in [0.5, 0.6) is 0 Å². The van der Waals surface area contributed by atoms with Gasteiger partial charge in [0.05, 0.1) is 0 Å². The fourth-order valence-electron chi connectivity index (χ4n) is 0. The first kappa shape index (κ1) is 9.69. The van der Waals surface area contributed by atoms with Crippen LogP contribution >= 0.6 is 0 Å². The second-order valence-electron chi connectivity index (χ2n) is 0.747. The number of hydrogen-bond acceptors (Lipinski definition) is 1. The van der Waals surface area contributed by atoms with E-state index in [1.807, 2.05) is 0 Å².